The molecule has 0 radical (unpaired) electrons. The third-order valence-corrected chi connectivity index (χ3v) is 3.07. The van der Waals surface area contributed by atoms with Crippen LogP contribution >= 0.6 is 0 Å². The van der Waals surface area contributed by atoms with E-state index in [1.807, 2.05) is 25.1 Å². The Morgan fingerprint density at radius 1 is 1.06 bits per heavy atom. The number of hydrogen-bond acceptors (Lipinski definition) is 1. The zero-order chi connectivity index (χ0) is 11.1. The van der Waals surface area contributed by atoms with E-state index in [4.69, 9.17) is 0 Å². The fourth-order valence-corrected chi connectivity index (χ4v) is 2.29. The molecule has 2 heteroatoms. The van der Waals surface area contributed by atoms with Crippen LogP contribution in [0, 0.1) is 5.82 Å². The smallest absolute Gasteiger partial charge is 0.123 e. The van der Waals surface area contributed by atoms with Gasteiger partial charge in [-0.3, -0.25) is 0 Å². The minimum atomic E-state index is -0.174. The summed E-state index contributed by atoms with van der Waals surface area (Å²) in [5.41, 5.74) is 4.42. The largest absolute Gasteiger partial charge is 0.378 e. The molecule has 3 rings (SSSR count). The van der Waals surface area contributed by atoms with Gasteiger partial charge in [-0.15, -0.1) is 0 Å². The number of para-hydroxylation sites is 1. The molecule has 1 heterocycles. The molecule has 0 unspecified atom stereocenters. The zero-order valence-corrected chi connectivity index (χ0v) is 9.00. The third-order valence-electron chi connectivity index (χ3n) is 3.07. The van der Waals surface area contributed by atoms with Crippen molar-refractivity contribution in [2.24, 2.45) is 0 Å². The molecule has 0 spiro atoms. The van der Waals surface area contributed by atoms with E-state index in [0.29, 0.717) is 0 Å². The van der Waals surface area contributed by atoms with Crippen LogP contribution in [0.4, 0.5) is 10.1 Å². The SMILES string of the molecule is C[C@@H]1Nc2ccccc2-c2ccc(F)cc21. The summed E-state index contributed by atoms with van der Waals surface area (Å²) in [5, 5.41) is 3.38. The Kier molecular flexibility index (Phi) is 1.96. The molecule has 1 nitrogen and oxygen atoms in total. The van der Waals surface area contributed by atoms with E-state index in [2.05, 4.69) is 17.4 Å². The molecule has 16 heavy (non-hydrogen) atoms. The van der Waals surface area contributed by atoms with Crippen LogP contribution < -0.4 is 5.32 Å². The number of nitrogens with one attached hydrogen (secondary N) is 1. The molecule has 2 aromatic rings. The number of benzene rings is 2. The Morgan fingerprint density at radius 3 is 2.75 bits per heavy atom. The Labute approximate surface area is 93.9 Å². The number of anilines is 1. The molecule has 0 fully saturated rings. The molecule has 0 bridgehead atoms. The highest BCUT2D eigenvalue weighted by atomic mass is 19.1. The number of hydrogen-bond donors (Lipinski definition) is 1. The Balaban J connectivity index is 2.28. The molecule has 1 aliphatic rings. The quantitative estimate of drug-likeness (QED) is 0.698. The van der Waals surface area contributed by atoms with Crippen LogP contribution in [-0.2, 0) is 0 Å². The van der Waals surface area contributed by atoms with Gasteiger partial charge >= 0.3 is 0 Å². The van der Waals surface area contributed by atoms with Gasteiger partial charge in [-0.2, -0.15) is 0 Å². The van der Waals surface area contributed by atoms with Gasteiger partial charge in [0.25, 0.3) is 0 Å². The van der Waals surface area contributed by atoms with Gasteiger partial charge in [0.2, 0.25) is 0 Å². The lowest BCUT2D eigenvalue weighted by Gasteiger charge is -2.27. The average molecular weight is 213 g/mol. The second kappa shape index (κ2) is 3.34. The maximum atomic E-state index is 13.2. The molecule has 2 aromatic carbocycles. The summed E-state index contributed by atoms with van der Waals surface area (Å²) in [6.07, 6.45) is 0. The zero-order valence-electron chi connectivity index (χ0n) is 9.00. The molecule has 1 atom stereocenters. The lowest BCUT2D eigenvalue weighted by molar-refractivity contribution is 0.623. The first-order chi connectivity index (χ1) is 7.75. The van der Waals surface area contributed by atoms with Gasteiger partial charge in [0, 0.05) is 17.3 Å². The van der Waals surface area contributed by atoms with E-state index in [1.54, 1.807) is 6.07 Å². The van der Waals surface area contributed by atoms with Gasteiger partial charge in [-0.25, -0.2) is 4.39 Å². The van der Waals surface area contributed by atoms with E-state index in [-0.39, 0.29) is 11.9 Å². The van der Waals surface area contributed by atoms with E-state index in [9.17, 15) is 4.39 Å². The molecule has 0 saturated heterocycles. The van der Waals surface area contributed by atoms with Crippen LogP contribution in [0.15, 0.2) is 42.5 Å². The normalized spacial score (nSPS) is 17.2. The fourth-order valence-electron chi connectivity index (χ4n) is 2.29. The topological polar surface area (TPSA) is 12.0 Å². The van der Waals surface area contributed by atoms with Gasteiger partial charge in [0.15, 0.2) is 0 Å². The van der Waals surface area contributed by atoms with Gasteiger partial charge in [0.1, 0.15) is 5.82 Å². The van der Waals surface area contributed by atoms with Crippen molar-refractivity contribution >= 4 is 5.69 Å². The van der Waals surface area contributed by atoms with Crippen molar-refractivity contribution in [1.82, 2.24) is 0 Å². The van der Waals surface area contributed by atoms with Crippen LogP contribution in [-0.4, -0.2) is 0 Å². The van der Waals surface area contributed by atoms with Crippen molar-refractivity contribution in [2.75, 3.05) is 5.32 Å². The molecular weight excluding hydrogens is 201 g/mol. The molecule has 1 aliphatic heterocycles. The van der Waals surface area contributed by atoms with Crippen molar-refractivity contribution in [2.45, 2.75) is 13.0 Å². The third kappa shape index (κ3) is 1.30. The summed E-state index contributed by atoms with van der Waals surface area (Å²) in [6.45, 7) is 2.05. The molecule has 80 valence electrons. The second-order valence-electron chi connectivity index (χ2n) is 4.14. The van der Waals surface area contributed by atoms with Crippen LogP contribution in [0.5, 0.6) is 0 Å². The van der Waals surface area contributed by atoms with Crippen molar-refractivity contribution < 1.29 is 4.39 Å². The van der Waals surface area contributed by atoms with Gasteiger partial charge < -0.3 is 5.32 Å². The fraction of sp³-hybridized carbons (Fsp3) is 0.143. The number of halogens is 1. The van der Waals surface area contributed by atoms with Crippen molar-refractivity contribution in [3.8, 4) is 11.1 Å². The van der Waals surface area contributed by atoms with E-state index < -0.39 is 0 Å². The predicted molar refractivity (Wildman–Crippen MR) is 63.9 cm³/mol. The Bertz CT molecular complexity index is 548. The second-order valence-corrected chi connectivity index (χ2v) is 4.14. The lowest BCUT2D eigenvalue weighted by Crippen LogP contribution is -2.13. The van der Waals surface area contributed by atoms with E-state index in [0.717, 1.165) is 22.4 Å². The molecule has 0 aliphatic carbocycles. The first-order valence-corrected chi connectivity index (χ1v) is 5.41. The number of fused-ring (bicyclic) bond motifs is 3. The van der Waals surface area contributed by atoms with Crippen LogP contribution in [0.25, 0.3) is 11.1 Å². The van der Waals surface area contributed by atoms with Crippen molar-refractivity contribution in [1.29, 1.82) is 0 Å². The predicted octanol–water partition coefficient (Wildman–Crippen LogP) is 3.98. The van der Waals surface area contributed by atoms with Crippen molar-refractivity contribution in [3.63, 3.8) is 0 Å². The summed E-state index contributed by atoms with van der Waals surface area (Å²) < 4.78 is 13.2. The first-order valence-electron chi connectivity index (χ1n) is 5.41. The summed E-state index contributed by atoms with van der Waals surface area (Å²) in [5.74, 6) is -0.174. The average Bonchev–Trinajstić information content (AvgIpc) is 2.29. The molecular formula is C14H12FN. The van der Waals surface area contributed by atoms with Gasteiger partial charge in [-0.1, -0.05) is 24.3 Å². The molecule has 0 saturated carbocycles. The highest BCUT2D eigenvalue weighted by Crippen LogP contribution is 2.40. The van der Waals surface area contributed by atoms with Crippen molar-refractivity contribution in [3.05, 3.63) is 53.8 Å². The summed E-state index contributed by atoms with van der Waals surface area (Å²) >= 11 is 0. The summed E-state index contributed by atoms with van der Waals surface area (Å²) in [6, 6.07) is 13.3. The molecule has 0 amide bonds. The van der Waals surface area contributed by atoms with Crippen LogP contribution in [0.2, 0.25) is 0 Å². The highest BCUT2D eigenvalue weighted by molar-refractivity contribution is 5.83. The molecule has 0 aromatic heterocycles. The minimum absolute atomic E-state index is 0.153. The Hall–Kier alpha value is -1.83. The van der Waals surface area contributed by atoms with E-state index in [1.165, 1.54) is 6.07 Å². The van der Waals surface area contributed by atoms with Gasteiger partial charge in [-0.05, 0) is 36.2 Å². The maximum absolute atomic E-state index is 13.2. The standard InChI is InChI=1S/C14H12FN/c1-9-13-8-10(15)6-7-11(13)12-4-2-3-5-14(12)16-9/h2-9,16H,1H3/t9-/m0/s1. The monoisotopic (exact) mass is 213 g/mol. The maximum Gasteiger partial charge on any atom is 0.123 e. The van der Waals surface area contributed by atoms with E-state index >= 15 is 0 Å². The van der Waals surface area contributed by atoms with Gasteiger partial charge in [0.05, 0.1) is 0 Å². The van der Waals surface area contributed by atoms with Crippen LogP contribution in [0.3, 0.4) is 0 Å². The summed E-state index contributed by atoms with van der Waals surface area (Å²) in [4.78, 5) is 0. The Morgan fingerprint density at radius 2 is 1.88 bits per heavy atom. The lowest BCUT2D eigenvalue weighted by atomic mass is 9.90. The minimum Gasteiger partial charge on any atom is -0.378 e. The van der Waals surface area contributed by atoms with Crippen LogP contribution in [0.1, 0.15) is 18.5 Å². The molecule has 1 N–H and O–H groups in total. The highest BCUT2D eigenvalue weighted by Gasteiger charge is 2.20. The number of rotatable bonds is 0. The summed E-state index contributed by atoms with van der Waals surface area (Å²) in [7, 11) is 0. The first kappa shape index (κ1) is 9.40.